The van der Waals surface area contributed by atoms with Crippen molar-refractivity contribution in [1.29, 1.82) is 0 Å². The summed E-state index contributed by atoms with van der Waals surface area (Å²) in [5.41, 5.74) is 0.579. The first-order chi connectivity index (χ1) is 8.20. The third-order valence-corrected chi connectivity index (χ3v) is 3.44. The Kier molecular flexibility index (Phi) is 5.16. The molecular weight excluding hydrogens is 261 g/mol. The van der Waals surface area contributed by atoms with Crippen LogP contribution in [0.3, 0.4) is 0 Å². The molecule has 0 saturated heterocycles. The van der Waals surface area contributed by atoms with Crippen LogP contribution >= 0.6 is 11.3 Å². The van der Waals surface area contributed by atoms with E-state index in [-0.39, 0.29) is 6.04 Å². The molecule has 0 amide bonds. The van der Waals surface area contributed by atoms with E-state index in [1.165, 1.54) is 0 Å². The largest absolute Gasteiger partial charge is 0.443 e. The van der Waals surface area contributed by atoms with Crippen LogP contribution in [-0.2, 0) is 19.1 Å². The molecule has 18 heavy (non-hydrogen) atoms. The van der Waals surface area contributed by atoms with Crippen molar-refractivity contribution in [3.63, 3.8) is 0 Å². The number of thiazole rings is 1. The molecule has 104 valence electrons. The molecule has 0 aliphatic rings. The standard InChI is InChI=1S/C12H19F3N2S/c1-7(2)5-9-10(6-16-8(3)4)18-11(17-9)12(13,14)15/h7-8,16H,5-6H2,1-4H3. The van der Waals surface area contributed by atoms with Crippen molar-refractivity contribution < 1.29 is 13.2 Å². The van der Waals surface area contributed by atoms with Gasteiger partial charge < -0.3 is 5.32 Å². The highest BCUT2D eigenvalue weighted by molar-refractivity contribution is 7.11. The van der Waals surface area contributed by atoms with Crippen molar-refractivity contribution in [2.45, 2.75) is 52.9 Å². The van der Waals surface area contributed by atoms with Crippen LogP contribution in [0, 0.1) is 5.92 Å². The molecule has 0 saturated carbocycles. The molecular formula is C12H19F3N2S. The summed E-state index contributed by atoms with van der Waals surface area (Å²) in [5.74, 6) is 0.297. The summed E-state index contributed by atoms with van der Waals surface area (Å²) < 4.78 is 37.9. The Balaban J connectivity index is 2.93. The summed E-state index contributed by atoms with van der Waals surface area (Å²) in [6.45, 7) is 8.34. The molecule has 1 rings (SSSR count). The van der Waals surface area contributed by atoms with Gasteiger partial charge in [0.25, 0.3) is 0 Å². The fourth-order valence-electron chi connectivity index (χ4n) is 1.49. The van der Waals surface area contributed by atoms with Crippen LogP contribution in [0.2, 0.25) is 0 Å². The van der Waals surface area contributed by atoms with Crippen LogP contribution in [0.5, 0.6) is 0 Å². The van der Waals surface area contributed by atoms with Gasteiger partial charge in [0.05, 0.1) is 5.69 Å². The maximum absolute atomic E-state index is 12.6. The van der Waals surface area contributed by atoms with Crippen LogP contribution in [0.1, 0.15) is 43.3 Å². The van der Waals surface area contributed by atoms with E-state index in [0.29, 0.717) is 29.5 Å². The van der Waals surface area contributed by atoms with Crippen LogP contribution in [0.25, 0.3) is 0 Å². The quantitative estimate of drug-likeness (QED) is 0.886. The van der Waals surface area contributed by atoms with Crippen molar-refractivity contribution in [3.8, 4) is 0 Å². The molecule has 0 unspecified atom stereocenters. The Morgan fingerprint density at radius 1 is 1.22 bits per heavy atom. The first-order valence-corrected chi connectivity index (χ1v) is 6.81. The topological polar surface area (TPSA) is 24.9 Å². The van der Waals surface area contributed by atoms with Crippen molar-refractivity contribution in [2.24, 2.45) is 5.92 Å². The van der Waals surface area contributed by atoms with Crippen molar-refractivity contribution in [2.75, 3.05) is 0 Å². The highest BCUT2D eigenvalue weighted by Gasteiger charge is 2.35. The zero-order valence-electron chi connectivity index (χ0n) is 11.1. The lowest BCUT2D eigenvalue weighted by molar-refractivity contribution is -0.137. The van der Waals surface area contributed by atoms with E-state index in [4.69, 9.17) is 0 Å². The van der Waals surface area contributed by atoms with Gasteiger partial charge in [-0.2, -0.15) is 13.2 Å². The van der Waals surface area contributed by atoms with Gasteiger partial charge >= 0.3 is 6.18 Å². The van der Waals surface area contributed by atoms with E-state index < -0.39 is 11.2 Å². The number of aromatic nitrogens is 1. The smallest absolute Gasteiger partial charge is 0.310 e. The third kappa shape index (κ3) is 4.57. The number of nitrogens with one attached hydrogen (secondary N) is 1. The fraction of sp³-hybridized carbons (Fsp3) is 0.750. The zero-order valence-corrected chi connectivity index (χ0v) is 11.9. The summed E-state index contributed by atoms with van der Waals surface area (Å²) in [5, 5.41) is 2.41. The lowest BCUT2D eigenvalue weighted by Gasteiger charge is -2.08. The molecule has 0 radical (unpaired) electrons. The molecule has 1 aromatic rings. The highest BCUT2D eigenvalue weighted by Crippen LogP contribution is 2.34. The molecule has 1 N–H and O–H groups in total. The number of hydrogen-bond donors (Lipinski definition) is 1. The molecule has 6 heteroatoms. The van der Waals surface area contributed by atoms with E-state index in [1.54, 1.807) is 0 Å². The van der Waals surface area contributed by atoms with Gasteiger partial charge in [0.2, 0.25) is 0 Å². The van der Waals surface area contributed by atoms with Crippen LogP contribution < -0.4 is 5.32 Å². The van der Waals surface area contributed by atoms with Gasteiger partial charge in [-0.1, -0.05) is 27.7 Å². The number of nitrogens with zero attached hydrogens (tertiary/aromatic N) is 1. The normalized spacial score (nSPS) is 12.7. The highest BCUT2D eigenvalue weighted by atomic mass is 32.1. The van der Waals surface area contributed by atoms with E-state index in [2.05, 4.69) is 10.3 Å². The second-order valence-corrected chi connectivity index (χ2v) is 6.10. The SMILES string of the molecule is CC(C)Cc1nc(C(F)(F)F)sc1CNC(C)C. The Morgan fingerprint density at radius 3 is 2.28 bits per heavy atom. The average Bonchev–Trinajstić information content (AvgIpc) is 2.56. The molecule has 1 heterocycles. The van der Waals surface area contributed by atoms with Gasteiger partial charge in [-0.25, -0.2) is 4.98 Å². The molecule has 0 aliphatic carbocycles. The predicted molar refractivity (Wildman–Crippen MR) is 67.6 cm³/mol. The molecule has 0 aliphatic heterocycles. The molecule has 0 spiro atoms. The van der Waals surface area contributed by atoms with Crippen molar-refractivity contribution >= 4 is 11.3 Å². The molecule has 1 aromatic heterocycles. The number of hydrogen-bond acceptors (Lipinski definition) is 3. The fourth-order valence-corrected chi connectivity index (χ4v) is 2.39. The average molecular weight is 280 g/mol. The first kappa shape index (κ1) is 15.4. The molecule has 0 fully saturated rings. The summed E-state index contributed by atoms with van der Waals surface area (Å²) >= 11 is 0.752. The number of halogens is 3. The summed E-state index contributed by atoms with van der Waals surface area (Å²) in [6, 6.07) is 0.244. The minimum Gasteiger partial charge on any atom is -0.310 e. The lowest BCUT2D eigenvalue weighted by Crippen LogP contribution is -2.22. The minimum atomic E-state index is -4.34. The van der Waals surface area contributed by atoms with Gasteiger partial charge in [0.1, 0.15) is 0 Å². The van der Waals surface area contributed by atoms with Gasteiger partial charge in [0.15, 0.2) is 5.01 Å². The van der Waals surface area contributed by atoms with Crippen molar-refractivity contribution in [3.05, 3.63) is 15.6 Å². The van der Waals surface area contributed by atoms with Gasteiger partial charge in [-0.15, -0.1) is 11.3 Å². The second-order valence-electron chi connectivity index (χ2n) is 5.02. The second kappa shape index (κ2) is 6.02. The predicted octanol–water partition coefficient (Wildman–Crippen LogP) is 3.86. The van der Waals surface area contributed by atoms with Gasteiger partial charge in [-0.3, -0.25) is 0 Å². The third-order valence-electron chi connectivity index (χ3n) is 2.29. The van der Waals surface area contributed by atoms with E-state index in [0.717, 1.165) is 11.3 Å². The molecule has 2 nitrogen and oxygen atoms in total. The lowest BCUT2D eigenvalue weighted by atomic mass is 10.1. The molecule has 0 atom stereocenters. The Bertz CT molecular complexity index is 383. The van der Waals surface area contributed by atoms with Gasteiger partial charge in [0, 0.05) is 17.5 Å². The maximum atomic E-state index is 12.6. The molecule has 0 aromatic carbocycles. The summed E-state index contributed by atoms with van der Waals surface area (Å²) in [7, 11) is 0. The number of alkyl halides is 3. The van der Waals surface area contributed by atoms with Crippen LogP contribution in [0.15, 0.2) is 0 Å². The maximum Gasteiger partial charge on any atom is 0.443 e. The number of rotatable bonds is 5. The van der Waals surface area contributed by atoms with Crippen LogP contribution in [-0.4, -0.2) is 11.0 Å². The van der Waals surface area contributed by atoms with E-state index >= 15 is 0 Å². The van der Waals surface area contributed by atoms with Crippen molar-refractivity contribution in [1.82, 2.24) is 10.3 Å². The summed E-state index contributed by atoms with van der Waals surface area (Å²) in [4.78, 5) is 4.45. The Morgan fingerprint density at radius 2 is 1.83 bits per heavy atom. The summed E-state index contributed by atoms with van der Waals surface area (Å²) in [6.07, 6.45) is -3.76. The Labute approximate surface area is 110 Å². The van der Waals surface area contributed by atoms with E-state index in [1.807, 2.05) is 27.7 Å². The minimum absolute atomic E-state index is 0.244. The first-order valence-electron chi connectivity index (χ1n) is 5.99. The Hall–Kier alpha value is -0.620. The molecule has 0 bridgehead atoms. The van der Waals surface area contributed by atoms with Crippen LogP contribution in [0.4, 0.5) is 13.2 Å². The van der Waals surface area contributed by atoms with Gasteiger partial charge in [-0.05, 0) is 12.3 Å². The van der Waals surface area contributed by atoms with E-state index in [9.17, 15) is 13.2 Å². The zero-order chi connectivity index (χ0) is 13.9. The monoisotopic (exact) mass is 280 g/mol.